The number of carbonyl (C=O) groups is 2. The van der Waals surface area contributed by atoms with Gasteiger partial charge in [-0.25, -0.2) is 4.68 Å². The van der Waals surface area contributed by atoms with Crippen LogP contribution in [0.2, 0.25) is 0 Å². The molecule has 0 aliphatic rings. The number of aromatic nitrogens is 2. The summed E-state index contributed by atoms with van der Waals surface area (Å²) in [6.45, 7) is 5.60. The third-order valence-electron chi connectivity index (χ3n) is 3.64. The molecule has 6 nitrogen and oxygen atoms in total. The number of hydrogen-bond donors (Lipinski definition) is 2. The molecular weight excluding hydrogens is 292 g/mol. The average molecular weight is 314 g/mol. The second kappa shape index (κ2) is 7.58. The molecule has 0 saturated carbocycles. The molecule has 2 aromatic rings. The maximum absolute atomic E-state index is 12.5. The van der Waals surface area contributed by atoms with E-state index in [1.54, 1.807) is 42.2 Å². The van der Waals surface area contributed by atoms with E-state index in [4.69, 9.17) is 0 Å². The summed E-state index contributed by atoms with van der Waals surface area (Å²) < 4.78 is 1.62. The van der Waals surface area contributed by atoms with Gasteiger partial charge in [0.1, 0.15) is 6.04 Å². The first-order valence-corrected chi connectivity index (χ1v) is 7.73. The number of carbonyl (C=O) groups excluding carboxylic acids is 2. The maximum Gasteiger partial charge on any atom is 0.254 e. The molecule has 2 rings (SSSR count). The largest absolute Gasteiger partial charge is 0.352 e. The second-order valence-corrected chi connectivity index (χ2v) is 5.48. The van der Waals surface area contributed by atoms with E-state index in [1.165, 1.54) is 0 Å². The molecule has 23 heavy (non-hydrogen) atoms. The van der Waals surface area contributed by atoms with Crippen molar-refractivity contribution in [1.29, 1.82) is 0 Å². The lowest BCUT2D eigenvalue weighted by atomic mass is 10.1. The molecule has 2 atom stereocenters. The van der Waals surface area contributed by atoms with Gasteiger partial charge in [0.25, 0.3) is 5.91 Å². The van der Waals surface area contributed by atoms with Crippen molar-refractivity contribution in [3.63, 3.8) is 0 Å². The summed E-state index contributed by atoms with van der Waals surface area (Å²) in [5, 5.41) is 9.74. The molecule has 1 heterocycles. The van der Waals surface area contributed by atoms with Crippen molar-refractivity contribution in [1.82, 2.24) is 20.4 Å². The Morgan fingerprint density at radius 3 is 2.57 bits per heavy atom. The van der Waals surface area contributed by atoms with E-state index < -0.39 is 6.04 Å². The fourth-order valence-corrected chi connectivity index (χ4v) is 2.09. The van der Waals surface area contributed by atoms with E-state index in [-0.39, 0.29) is 17.9 Å². The Kier molecular flexibility index (Phi) is 5.51. The quantitative estimate of drug-likeness (QED) is 0.855. The van der Waals surface area contributed by atoms with Crippen molar-refractivity contribution in [2.75, 3.05) is 0 Å². The van der Waals surface area contributed by atoms with Gasteiger partial charge in [-0.15, -0.1) is 0 Å². The molecule has 1 aromatic heterocycles. The van der Waals surface area contributed by atoms with E-state index >= 15 is 0 Å². The zero-order chi connectivity index (χ0) is 16.8. The fourth-order valence-electron chi connectivity index (χ4n) is 2.09. The van der Waals surface area contributed by atoms with Crippen molar-refractivity contribution < 1.29 is 9.59 Å². The number of hydrogen-bond acceptors (Lipinski definition) is 3. The number of nitrogens with zero attached hydrogens (tertiary/aromatic N) is 2. The predicted octanol–water partition coefficient (Wildman–Crippen LogP) is 1.91. The Morgan fingerprint density at radius 2 is 1.91 bits per heavy atom. The van der Waals surface area contributed by atoms with Crippen molar-refractivity contribution in [3.05, 3.63) is 48.3 Å². The van der Waals surface area contributed by atoms with Gasteiger partial charge in [-0.05, 0) is 38.5 Å². The van der Waals surface area contributed by atoms with Gasteiger partial charge in [0.15, 0.2) is 0 Å². The van der Waals surface area contributed by atoms with Crippen LogP contribution in [0.25, 0.3) is 5.69 Å². The van der Waals surface area contributed by atoms with Crippen LogP contribution in [-0.4, -0.2) is 33.7 Å². The van der Waals surface area contributed by atoms with E-state index in [2.05, 4.69) is 15.7 Å². The third-order valence-corrected chi connectivity index (χ3v) is 3.64. The van der Waals surface area contributed by atoms with Gasteiger partial charge in [-0.3, -0.25) is 9.59 Å². The van der Waals surface area contributed by atoms with Crippen LogP contribution < -0.4 is 10.6 Å². The monoisotopic (exact) mass is 314 g/mol. The normalized spacial score (nSPS) is 13.2. The number of rotatable bonds is 6. The summed E-state index contributed by atoms with van der Waals surface area (Å²) in [7, 11) is 0. The topological polar surface area (TPSA) is 76.0 Å². The minimum atomic E-state index is -0.609. The Balaban J connectivity index is 2.11. The molecule has 2 unspecified atom stereocenters. The average Bonchev–Trinajstić information content (AvgIpc) is 3.08. The first-order valence-electron chi connectivity index (χ1n) is 7.73. The van der Waals surface area contributed by atoms with Gasteiger partial charge in [0.05, 0.1) is 11.3 Å². The zero-order valence-corrected chi connectivity index (χ0v) is 13.6. The molecule has 0 radical (unpaired) electrons. The van der Waals surface area contributed by atoms with Crippen LogP contribution in [0.1, 0.15) is 37.6 Å². The first kappa shape index (κ1) is 16.7. The molecule has 0 aliphatic heterocycles. The van der Waals surface area contributed by atoms with Crippen molar-refractivity contribution >= 4 is 11.8 Å². The SMILES string of the molecule is CCC(C)NC(=O)C(C)NC(=O)c1ccccc1-n1cccn1. The van der Waals surface area contributed by atoms with Gasteiger partial charge in [-0.2, -0.15) is 5.10 Å². The molecular formula is C17H22N4O2. The molecule has 0 aliphatic carbocycles. The van der Waals surface area contributed by atoms with Crippen LogP contribution in [0.5, 0.6) is 0 Å². The van der Waals surface area contributed by atoms with Crippen LogP contribution in [-0.2, 0) is 4.79 Å². The number of benzene rings is 1. The summed E-state index contributed by atoms with van der Waals surface area (Å²) in [5.41, 5.74) is 1.14. The Bertz CT molecular complexity index is 667. The highest BCUT2D eigenvalue weighted by molar-refractivity contribution is 6.00. The van der Waals surface area contributed by atoms with Crippen LogP contribution in [0.15, 0.2) is 42.7 Å². The molecule has 0 spiro atoms. The van der Waals surface area contributed by atoms with Crippen molar-refractivity contribution in [2.45, 2.75) is 39.3 Å². The lowest BCUT2D eigenvalue weighted by Crippen LogP contribution is -2.47. The molecule has 0 saturated heterocycles. The lowest BCUT2D eigenvalue weighted by Gasteiger charge is -2.18. The standard InChI is InChI=1S/C17H22N4O2/c1-4-12(2)19-16(22)13(3)20-17(23)14-8-5-6-9-15(14)21-11-7-10-18-21/h5-13H,4H2,1-3H3,(H,19,22)(H,20,23). The Labute approximate surface area is 135 Å². The Morgan fingerprint density at radius 1 is 1.17 bits per heavy atom. The van der Waals surface area contributed by atoms with E-state index in [0.29, 0.717) is 11.3 Å². The number of para-hydroxylation sites is 1. The summed E-state index contributed by atoms with van der Waals surface area (Å²) in [4.78, 5) is 24.5. The number of amides is 2. The molecule has 0 fully saturated rings. The predicted molar refractivity (Wildman–Crippen MR) is 88.4 cm³/mol. The zero-order valence-electron chi connectivity index (χ0n) is 13.6. The van der Waals surface area contributed by atoms with Gasteiger partial charge >= 0.3 is 0 Å². The molecule has 2 amide bonds. The van der Waals surface area contributed by atoms with Crippen molar-refractivity contribution in [3.8, 4) is 5.69 Å². The van der Waals surface area contributed by atoms with Crippen LogP contribution >= 0.6 is 0 Å². The first-order chi connectivity index (χ1) is 11.0. The fraction of sp³-hybridized carbons (Fsp3) is 0.353. The van der Waals surface area contributed by atoms with Crippen molar-refractivity contribution in [2.24, 2.45) is 0 Å². The van der Waals surface area contributed by atoms with E-state index in [1.807, 2.05) is 26.0 Å². The molecule has 122 valence electrons. The molecule has 1 aromatic carbocycles. The van der Waals surface area contributed by atoms with Crippen LogP contribution in [0, 0.1) is 0 Å². The highest BCUT2D eigenvalue weighted by Crippen LogP contribution is 2.13. The van der Waals surface area contributed by atoms with Gasteiger partial charge < -0.3 is 10.6 Å². The third kappa shape index (κ3) is 4.18. The summed E-state index contributed by atoms with van der Waals surface area (Å²) >= 11 is 0. The maximum atomic E-state index is 12.5. The van der Waals surface area contributed by atoms with Gasteiger partial charge in [0, 0.05) is 18.4 Å². The summed E-state index contributed by atoms with van der Waals surface area (Å²) in [6, 6.07) is 8.41. The lowest BCUT2D eigenvalue weighted by molar-refractivity contribution is -0.123. The minimum Gasteiger partial charge on any atom is -0.352 e. The van der Waals surface area contributed by atoms with Crippen LogP contribution in [0.3, 0.4) is 0 Å². The van der Waals surface area contributed by atoms with Gasteiger partial charge in [0.2, 0.25) is 5.91 Å². The Hall–Kier alpha value is -2.63. The van der Waals surface area contributed by atoms with Crippen LogP contribution in [0.4, 0.5) is 0 Å². The van der Waals surface area contributed by atoms with E-state index in [9.17, 15) is 9.59 Å². The summed E-state index contributed by atoms with van der Waals surface area (Å²) in [5.74, 6) is -0.493. The smallest absolute Gasteiger partial charge is 0.254 e. The highest BCUT2D eigenvalue weighted by Gasteiger charge is 2.19. The molecule has 6 heteroatoms. The van der Waals surface area contributed by atoms with Gasteiger partial charge in [-0.1, -0.05) is 19.1 Å². The highest BCUT2D eigenvalue weighted by atomic mass is 16.2. The molecule has 2 N–H and O–H groups in total. The van der Waals surface area contributed by atoms with E-state index in [0.717, 1.165) is 6.42 Å². The minimum absolute atomic E-state index is 0.0817. The second-order valence-electron chi connectivity index (χ2n) is 5.48. The molecule has 0 bridgehead atoms. The summed E-state index contributed by atoms with van der Waals surface area (Å²) in [6.07, 6.45) is 4.26. The number of nitrogens with one attached hydrogen (secondary N) is 2.